The van der Waals surface area contributed by atoms with E-state index in [4.69, 9.17) is 0 Å². The molecule has 5 heteroatoms. The largest absolute Gasteiger partial charge is 0.392 e. The molecular weight excluding hydrogens is 274 g/mol. The molecule has 0 saturated heterocycles. The van der Waals surface area contributed by atoms with Crippen LogP contribution in [-0.4, -0.2) is 20.1 Å². The van der Waals surface area contributed by atoms with E-state index in [-0.39, 0.29) is 11.5 Å². The van der Waals surface area contributed by atoms with Crippen LogP contribution in [0.3, 0.4) is 0 Å². The van der Waals surface area contributed by atoms with Crippen LogP contribution in [0, 0.1) is 19.8 Å². The molecule has 0 atom stereocenters. The fourth-order valence-electron chi connectivity index (χ4n) is 2.06. The van der Waals surface area contributed by atoms with Gasteiger partial charge in [-0.05, 0) is 55.4 Å². The Balaban J connectivity index is 2.89. The summed E-state index contributed by atoms with van der Waals surface area (Å²) in [4.78, 5) is 0.270. The standard InChI is InChI=1S/C15H25NO3S/c1-11(2)6-5-7-16-20(18,19)15-9-14(10-17)8-12(3)13(15)4/h8-9,11,16-17H,5-7,10H2,1-4H3. The molecule has 2 N–H and O–H groups in total. The number of rotatable bonds is 7. The van der Waals surface area contributed by atoms with Crippen molar-refractivity contribution < 1.29 is 13.5 Å². The Morgan fingerprint density at radius 1 is 1.25 bits per heavy atom. The van der Waals surface area contributed by atoms with Gasteiger partial charge >= 0.3 is 0 Å². The Labute approximate surface area is 122 Å². The van der Waals surface area contributed by atoms with Gasteiger partial charge in [-0.15, -0.1) is 0 Å². The molecule has 1 aromatic rings. The lowest BCUT2D eigenvalue weighted by molar-refractivity contribution is 0.281. The lowest BCUT2D eigenvalue weighted by Crippen LogP contribution is -2.26. The van der Waals surface area contributed by atoms with Crippen LogP contribution in [0.5, 0.6) is 0 Å². The second-order valence-electron chi connectivity index (χ2n) is 5.63. The molecule has 0 saturated carbocycles. The van der Waals surface area contributed by atoms with Gasteiger partial charge < -0.3 is 5.11 Å². The van der Waals surface area contributed by atoms with Gasteiger partial charge in [0.15, 0.2) is 0 Å². The van der Waals surface area contributed by atoms with E-state index >= 15 is 0 Å². The summed E-state index contributed by atoms with van der Waals surface area (Å²) in [5.41, 5.74) is 2.23. The van der Waals surface area contributed by atoms with E-state index in [1.165, 1.54) is 0 Å². The number of benzene rings is 1. The van der Waals surface area contributed by atoms with Crippen LogP contribution in [0.1, 0.15) is 43.4 Å². The van der Waals surface area contributed by atoms with Gasteiger partial charge in [-0.25, -0.2) is 13.1 Å². The zero-order chi connectivity index (χ0) is 15.3. The van der Waals surface area contributed by atoms with E-state index in [1.54, 1.807) is 13.0 Å². The SMILES string of the molecule is Cc1cc(CO)cc(S(=O)(=O)NCCCC(C)C)c1C. The molecule has 1 rings (SSSR count). The zero-order valence-corrected chi connectivity index (χ0v) is 13.5. The van der Waals surface area contributed by atoms with Crippen LogP contribution in [0.4, 0.5) is 0 Å². The molecule has 0 aromatic heterocycles. The quantitative estimate of drug-likeness (QED) is 0.760. The Kier molecular flexibility index (Phi) is 6.17. The second kappa shape index (κ2) is 7.20. The van der Waals surface area contributed by atoms with Crippen LogP contribution in [0.2, 0.25) is 0 Å². The summed E-state index contributed by atoms with van der Waals surface area (Å²) in [5, 5.41) is 9.20. The summed E-state index contributed by atoms with van der Waals surface area (Å²) in [6, 6.07) is 3.36. The highest BCUT2D eigenvalue weighted by molar-refractivity contribution is 7.89. The molecule has 0 aliphatic rings. The zero-order valence-electron chi connectivity index (χ0n) is 12.7. The lowest BCUT2D eigenvalue weighted by atomic mass is 10.1. The van der Waals surface area contributed by atoms with E-state index in [9.17, 15) is 13.5 Å². The van der Waals surface area contributed by atoms with Gasteiger partial charge in [0, 0.05) is 6.54 Å². The van der Waals surface area contributed by atoms with E-state index < -0.39 is 10.0 Å². The predicted octanol–water partition coefficient (Wildman–Crippen LogP) is 2.51. The van der Waals surface area contributed by atoms with Crippen molar-refractivity contribution in [2.75, 3.05) is 6.54 Å². The van der Waals surface area contributed by atoms with Crippen LogP contribution in [0.25, 0.3) is 0 Å². The van der Waals surface area contributed by atoms with Crippen LogP contribution in [-0.2, 0) is 16.6 Å². The number of aryl methyl sites for hydroxylation is 1. The minimum atomic E-state index is -3.51. The average molecular weight is 299 g/mol. The number of hydrogen-bond donors (Lipinski definition) is 2. The van der Waals surface area contributed by atoms with Crippen molar-refractivity contribution in [2.45, 2.75) is 52.0 Å². The minimum absolute atomic E-state index is 0.156. The first-order valence-electron chi connectivity index (χ1n) is 6.98. The highest BCUT2D eigenvalue weighted by Gasteiger charge is 2.18. The van der Waals surface area contributed by atoms with E-state index in [0.717, 1.165) is 24.0 Å². The Hall–Kier alpha value is -0.910. The third-order valence-electron chi connectivity index (χ3n) is 3.40. The maximum absolute atomic E-state index is 12.3. The monoisotopic (exact) mass is 299 g/mol. The van der Waals surface area contributed by atoms with Gasteiger partial charge in [-0.2, -0.15) is 0 Å². The van der Waals surface area contributed by atoms with Crippen molar-refractivity contribution >= 4 is 10.0 Å². The van der Waals surface area contributed by atoms with Crippen molar-refractivity contribution in [3.8, 4) is 0 Å². The van der Waals surface area contributed by atoms with Crippen molar-refractivity contribution in [1.82, 2.24) is 4.72 Å². The summed E-state index contributed by atoms with van der Waals surface area (Å²) in [7, 11) is -3.51. The van der Waals surface area contributed by atoms with E-state index in [2.05, 4.69) is 18.6 Å². The predicted molar refractivity (Wildman–Crippen MR) is 81.1 cm³/mol. The average Bonchev–Trinajstić information content (AvgIpc) is 2.37. The maximum atomic E-state index is 12.3. The van der Waals surface area contributed by atoms with Gasteiger partial charge in [0.05, 0.1) is 11.5 Å². The number of hydrogen-bond acceptors (Lipinski definition) is 3. The molecule has 0 amide bonds. The summed E-state index contributed by atoms with van der Waals surface area (Å²) in [6.45, 7) is 8.17. The summed E-state index contributed by atoms with van der Waals surface area (Å²) in [5.74, 6) is 0.571. The Morgan fingerprint density at radius 2 is 1.90 bits per heavy atom. The molecule has 4 nitrogen and oxygen atoms in total. The van der Waals surface area contributed by atoms with E-state index in [1.807, 2.05) is 13.0 Å². The van der Waals surface area contributed by atoms with Gasteiger partial charge in [-0.3, -0.25) is 0 Å². The van der Waals surface area contributed by atoms with Gasteiger partial charge in [0.1, 0.15) is 0 Å². The van der Waals surface area contributed by atoms with Gasteiger partial charge in [0.25, 0.3) is 0 Å². The number of sulfonamides is 1. The third-order valence-corrected chi connectivity index (χ3v) is 4.99. The molecule has 0 aliphatic heterocycles. The molecule has 0 radical (unpaired) electrons. The molecule has 0 spiro atoms. The van der Waals surface area contributed by atoms with Crippen LogP contribution < -0.4 is 4.72 Å². The van der Waals surface area contributed by atoms with E-state index in [0.29, 0.717) is 18.0 Å². The second-order valence-corrected chi connectivity index (χ2v) is 7.36. The fourth-order valence-corrected chi connectivity index (χ4v) is 3.50. The number of aliphatic hydroxyl groups excluding tert-OH is 1. The van der Waals surface area contributed by atoms with Crippen LogP contribution in [0.15, 0.2) is 17.0 Å². The van der Waals surface area contributed by atoms with Crippen molar-refractivity contribution in [2.24, 2.45) is 5.92 Å². The van der Waals surface area contributed by atoms with Crippen LogP contribution >= 0.6 is 0 Å². The van der Waals surface area contributed by atoms with Crippen molar-refractivity contribution in [1.29, 1.82) is 0 Å². The fraction of sp³-hybridized carbons (Fsp3) is 0.600. The third kappa shape index (κ3) is 4.58. The number of nitrogens with one attached hydrogen (secondary N) is 1. The minimum Gasteiger partial charge on any atom is -0.392 e. The normalized spacial score (nSPS) is 12.1. The molecular formula is C15H25NO3S. The highest BCUT2D eigenvalue weighted by atomic mass is 32.2. The molecule has 1 aromatic carbocycles. The Morgan fingerprint density at radius 3 is 2.45 bits per heavy atom. The molecule has 0 unspecified atom stereocenters. The maximum Gasteiger partial charge on any atom is 0.240 e. The smallest absolute Gasteiger partial charge is 0.240 e. The van der Waals surface area contributed by atoms with Gasteiger partial charge in [-0.1, -0.05) is 19.9 Å². The molecule has 0 heterocycles. The molecule has 114 valence electrons. The summed E-state index contributed by atoms with van der Waals surface area (Å²) >= 11 is 0. The topological polar surface area (TPSA) is 66.4 Å². The number of aliphatic hydroxyl groups is 1. The highest BCUT2D eigenvalue weighted by Crippen LogP contribution is 2.21. The molecule has 0 aliphatic carbocycles. The van der Waals surface area contributed by atoms with Gasteiger partial charge in [0.2, 0.25) is 10.0 Å². The summed E-state index contributed by atoms with van der Waals surface area (Å²) < 4.78 is 27.3. The Bertz CT molecular complexity index is 550. The molecule has 20 heavy (non-hydrogen) atoms. The van der Waals surface area contributed by atoms with Crippen molar-refractivity contribution in [3.05, 3.63) is 28.8 Å². The first-order chi connectivity index (χ1) is 9.27. The molecule has 0 fully saturated rings. The van der Waals surface area contributed by atoms with Crippen molar-refractivity contribution in [3.63, 3.8) is 0 Å². The molecule has 0 bridgehead atoms. The first-order valence-corrected chi connectivity index (χ1v) is 8.47. The summed E-state index contributed by atoms with van der Waals surface area (Å²) in [6.07, 6.45) is 1.83. The first kappa shape index (κ1) is 17.1. The lowest BCUT2D eigenvalue weighted by Gasteiger charge is -2.13.